The molecule has 2 rings (SSSR count). The number of fused-ring (bicyclic) bond motifs is 1. The number of cyclic esters (lactones) is 1. The normalized spacial score (nSPS) is 36.5. The maximum atomic E-state index is 12.3. The van der Waals surface area contributed by atoms with E-state index >= 15 is 0 Å². The minimum Gasteiger partial charge on any atom is -0.478 e. The van der Waals surface area contributed by atoms with E-state index in [1.165, 1.54) is 0 Å². The average molecular weight is 317 g/mol. The van der Waals surface area contributed by atoms with Crippen LogP contribution in [0.4, 0.5) is 0 Å². The molecule has 1 fully saturated rings. The molecule has 0 aromatic carbocycles. The lowest BCUT2D eigenvalue weighted by Crippen LogP contribution is -2.53. The first-order valence-electron chi connectivity index (χ1n) is 7.19. The SMILES string of the molecule is CC(C)[C@@H]1CC[C@](O)(CCl)[C@@H]2C(=O)OCC(C(=O)O)=C[C@H]21. The van der Waals surface area contributed by atoms with Gasteiger partial charge in [-0.3, -0.25) is 4.79 Å². The molecule has 0 unspecified atom stereocenters. The van der Waals surface area contributed by atoms with Crippen LogP contribution in [0.5, 0.6) is 0 Å². The number of hydrogen-bond acceptors (Lipinski definition) is 4. The van der Waals surface area contributed by atoms with Gasteiger partial charge in [-0.05, 0) is 30.6 Å². The molecule has 0 aromatic heterocycles. The maximum absolute atomic E-state index is 12.3. The molecule has 0 radical (unpaired) electrons. The van der Waals surface area contributed by atoms with Crippen LogP contribution < -0.4 is 0 Å². The zero-order valence-electron chi connectivity index (χ0n) is 12.2. The number of esters is 1. The third-order valence-electron chi connectivity index (χ3n) is 4.75. The summed E-state index contributed by atoms with van der Waals surface area (Å²) < 4.78 is 5.06. The van der Waals surface area contributed by atoms with Crippen LogP contribution in [0.3, 0.4) is 0 Å². The second-order valence-electron chi connectivity index (χ2n) is 6.34. The quantitative estimate of drug-likeness (QED) is 0.613. The number of rotatable bonds is 3. The van der Waals surface area contributed by atoms with E-state index in [2.05, 4.69) is 0 Å². The van der Waals surface area contributed by atoms with Crippen LogP contribution in [0, 0.1) is 23.7 Å². The molecule has 1 aliphatic heterocycles. The van der Waals surface area contributed by atoms with Crippen molar-refractivity contribution in [2.45, 2.75) is 32.3 Å². The van der Waals surface area contributed by atoms with Gasteiger partial charge in [-0.15, -0.1) is 11.6 Å². The van der Waals surface area contributed by atoms with Crippen LogP contribution in [-0.2, 0) is 14.3 Å². The highest BCUT2D eigenvalue weighted by Crippen LogP contribution is 2.47. The fourth-order valence-electron chi connectivity index (χ4n) is 3.55. The van der Waals surface area contributed by atoms with Crippen LogP contribution in [0.2, 0.25) is 0 Å². The van der Waals surface area contributed by atoms with E-state index in [0.29, 0.717) is 12.8 Å². The predicted octanol–water partition coefficient (Wildman–Crippen LogP) is 1.82. The van der Waals surface area contributed by atoms with E-state index in [1.54, 1.807) is 6.08 Å². The van der Waals surface area contributed by atoms with Gasteiger partial charge in [-0.1, -0.05) is 19.9 Å². The number of allylic oxidation sites excluding steroid dienone is 1. The van der Waals surface area contributed by atoms with Crippen LogP contribution in [-0.4, -0.2) is 40.2 Å². The van der Waals surface area contributed by atoms with Crippen molar-refractivity contribution in [2.75, 3.05) is 12.5 Å². The maximum Gasteiger partial charge on any atom is 0.334 e. The molecule has 2 N–H and O–H groups in total. The zero-order chi connectivity index (χ0) is 15.8. The number of carboxylic acids is 1. The van der Waals surface area contributed by atoms with Crippen molar-refractivity contribution in [3.8, 4) is 0 Å². The van der Waals surface area contributed by atoms with Crippen molar-refractivity contribution in [1.82, 2.24) is 0 Å². The van der Waals surface area contributed by atoms with Crippen molar-refractivity contribution in [2.24, 2.45) is 23.7 Å². The van der Waals surface area contributed by atoms with Crippen molar-refractivity contribution in [3.05, 3.63) is 11.6 Å². The first-order chi connectivity index (χ1) is 9.80. The van der Waals surface area contributed by atoms with Gasteiger partial charge in [0.25, 0.3) is 0 Å². The van der Waals surface area contributed by atoms with Crippen LogP contribution in [0.1, 0.15) is 26.7 Å². The van der Waals surface area contributed by atoms with E-state index in [0.717, 1.165) is 0 Å². The third-order valence-corrected chi connectivity index (χ3v) is 5.21. The predicted molar refractivity (Wildman–Crippen MR) is 76.9 cm³/mol. The van der Waals surface area contributed by atoms with Crippen LogP contribution in [0.15, 0.2) is 11.6 Å². The Morgan fingerprint density at radius 3 is 2.76 bits per heavy atom. The summed E-state index contributed by atoms with van der Waals surface area (Å²) in [5.74, 6) is -2.47. The lowest BCUT2D eigenvalue weighted by atomic mass is 9.61. The third kappa shape index (κ3) is 2.94. The monoisotopic (exact) mass is 316 g/mol. The number of carbonyl (C=O) groups is 2. The fraction of sp³-hybridized carbons (Fsp3) is 0.733. The smallest absolute Gasteiger partial charge is 0.334 e. The number of aliphatic carboxylic acids is 1. The van der Waals surface area contributed by atoms with Gasteiger partial charge in [0.1, 0.15) is 6.61 Å². The second-order valence-corrected chi connectivity index (χ2v) is 6.61. The van der Waals surface area contributed by atoms with Crippen LogP contribution >= 0.6 is 11.6 Å². The molecule has 4 atom stereocenters. The lowest BCUT2D eigenvalue weighted by molar-refractivity contribution is -0.165. The molecule has 6 heteroatoms. The van der Waals surface area contributed by atoms with E-state index in [-0.39, 0.29) is 35.8 Å². The van der Waals surface area contributed by atoms with E-state index in [4.69, 9.17) is 16.3 Å². The van der Waals surface area contributed by atoms with Gasteiger partial charge in [0.15, 0.2) is 0 Å². The van der Waals surface area contributed by atoms with Crippen molar-refractivity contribution in [1.29, 1.82) is 0 Å². The molecule has 2 aliphatic rings. The number of halogens is 1. The van der Waals surface area contributed by atoms with Gasteiger partial charge in [0, 0.05) is 0 Å². The standard InChI is InChI=1S/C15H21ClO5/c1-8(2)10-3-4-15(20,7-16)12-11(10)5-9(13(17)18)6-21-14(12)19/h5,8,10-12,20H,3-4,6-7H2,1-2H3,(H,17,18)/t10-,11-,12-,15-/m0/s1. The lowest BCUT2D eigenvalue weighted by Gasteiger charge is -2.46. The Morgan fingerprint density at radius 1 is 1.57 bits per heavy atom. The minimum absolute atomic E-state index is 0.0652. The van der Waals surface area contributed by atoms with Crippen molar-refractivity contribution < 1.29 is 24.5 Å². The number of ether oxygens (including phenoxy) is 1. The molecule has 5 nitrogen and oxygen atoms in total. The highest BCUT2D eigenvalue weighted by molar-refractivity contribution is 6.18. The Kier molecular flexibility index (Phi) is 4.63. The Labute approximate surface area is 128 Å². The first-order valence-corrected chi connectivity index (χ1v) is 7.72. The molecule has 1 heterocycles. The summed E-state index contributed by atoms with van der Waals surface area (Å²) in [5, 5.41) is 19.9. The van der Waals surface area contributed by atoms with E-state index < -0.39 is 23.5 Å². The van der Waals surface area contributed by atoms with Gasteiger partial charge >= 0.3 is 11.9 Å². The summed E-state index contributed by atoms with van der Waals surface area (Å²) in [6.07, 6.45) is 2.73. The van der Waals surface area contributed by atoms with Crippen molar-refractivity contribution in [3.63, 3.8) is 0 Å². The van der Waals surface area contributed by atoms with Gasteiger partial charge in [-0.25, -0.2) is 4.79 Å². The molecule has 0 aromatic rings. The first kappa shape index (κ1) is 16.3. The molecule has 118 valence electrons. The molecular formula is C15H21ClO5. The van der Waals surface area contributed by atoms with Gasteiger partial charge < -0.3 is 14.9 Å². The number of carboxylic acid groups (broad SMARTS) is 1. The Morgan fingerprint density at radius 2 is 2.24 bits per heavy atom. The highest BCUT2D eigenvalue weighted by atomic mass is 35.5. The summed E-state index contributed by atoms with van der Waals surface area (Å²) in [7, 11) is 0. The Bertz CT molecular complexity index is 473. The highest BCUT2D eigenvalue weighted by Gasteiger charge is 2.53. The molecule has 0 spiro atoms. The van der Waals surface area contributed by atoms with Crippen molar-refractivity contribution >= 4 is 23.5 Å². The summed E-state index contributed by atoms with van der Waals surface area (Å²) in [6, 6.07) is 0. The van der Waals surface area contributed by atoms with Gasteiger partial charge in [0.2, 0.25) is 0 Å². The molecule has 0 bridgehead atoms. The second kappa shape index (κ2) is 5.97. The minimum atomic E-state index is -1.33. The van der Waals surface area contributed by atoms with Gasteiger partial charge in [0.05, 0.1) is 23.0 Å². The molecule has 21 heavy (non-hydrogen) atoms. The molecule has 0 saturated heterocycles. The van der Waals surface area contributed by atoms with Crippen LogP contribution in [0.25, 0.3) is 0 Å². The van der Waals surface area contributed by atoms with E-state index in [1.807, 2.05) is 13.8 Å². The fourth-order valence-corrected chi connectivity index (χ4v) is 3.85. The molecule has 0 amide bonds. The summed E-state index contributed by atoms with van der Waals surface area (Å²) in [4.78, 5) is 23.5. The zero-order valence-corrected chi connectivity index (χ0v) is 13.0. The number of alkyl halides is 1. The summed E-state index contributed by atoms with van der Waals surface area (Å²) in [5.41, 5.74) is -1.26. The topological polar surface area (TPSA) is 83.8 Å². The Hall–Kier alpha value is -1.07. The number of aliphatic hydroxyl groups is 1. The summed E-state index contributed by atoms with van der Waals surface area (Å²) in [6.45, 7) is 3.82. The summed E-state index contributed by atoms with van der Waals surface area (Å²) >= 11 is 5.89. The molecular weight excluding hydrogens is 296 g/mol. The molecule has 1 aliphatic carbocycles. The van der Waals surface area contributed by atoms with Gasteiger partial charge in [-0.2, -0.15) is 0 Å². The van der Waals surface area contributed by atoms with E-state index in [9.17, 15) is 19.8 Å². The largest absolute Gasteiger partial charge is 0.478 e. The molecule has 1 saturated carbocycles. The number of carbonyl (C=O) groups excluding carboxylic acids is 1. The average Bonchev–Trinajstić information content (AvgIpc) is 2.59. The number of hydrogen-bond donors (Lipinski definition) is 2. The Balaban J connectivity index is 2.48.